The average molecular weight is 470 g/mol. The summed E-state index contributed by atoms with van der Waals surface area (Å²) in [7, 11) is 0. The molecule has 1 saturated carbocycles. The van der Waals surface area contributed by atoms with Crippen LogP contribution in [0.25, 0.3) is 17.2 Å². The fourth-order valence-corrected chi connectivity index (χ4v) is 6.27. The number of nitrogens with zero attached hydrogens (tertiary/aromatic N) is 2. The van der Waals surface area contributed by atoms with Gasteiger partial charge in [0.2, 0.25) is 0 Å². The average Bonchev–Trinajstić information content (AvgIpc) is 3.33. The summed E-state index contributed by atoms with van der Waals surface area (Å²) in [6.45, 7) is 10.7. The molecule has 2 aliphatic heterocycles. The van der Waals surface area contributed by atoms with E-state index in [2.05, 4.69) is 49.8 Å². The number of dihydropyridines is 1. The summed E-state index contributed by atoms with van der Waals surface area (Å²) in [6.07, 6.45) is 10.2. The van der Waals surface area contributed by atoms with Crippen LogP contribution in [0.1, 0.15) is 62.3 Å². The maximum atomic E-state index is 13.7. The van der Waals surface area contributed by atoms with Crippen molar-refractivity contribution >= 4 is 24.0 Å². The second-order valence-corrected chi connectivity index (χ2v) is 10.7. The minimum absolute atomic E-state index is 0.0199. The second kappa shape index (κ2) is 9.44. The molecule has 4 unspecified atom stereocenters. The lowest BCUT2D eigenvalue weighted by atomic mass is 9.75. The summed E-state index contributed by atoms with van der Waals surface area (Å²) in [5.41, 5.74) is 6.13. The summed E-state index contributed by atoms with van der Waals surface area (Å²) in [5, 5.41) is 0. The van der Waals surface area contributed by atoms with Gasteiger partial charge >= 0.3 is 5.97 Å². The molecule has 0 spiro atoms. The lowest BCUT2D eigenvalue weighted by Crippen LogP contribution is -2.37. The third-order valence-electron chi connectivity index (χ3n) is 7.77. The number of fused-ring (bicyclic) bond motifs is 1. The van der Waals surface area contributed by atoms with Crippen LogP contribution in [0.15, 0.2) is 58.2 Å². The number of carbonyl (C=O) groups excluding carboxylic acids is 1. The van der Waals surface area contributed by atoms with Crippen LogP contribution in [0.4, 0.5) is 0 Å². The molecule has 0 radical (unpaired) electrons. The Labute approximate surface area is 208 Å². The van der Waals surface area contributed by atoms with Crippen molar-refractivity contribution in [1.29, 1.82) is 0 Å². The highest BCUT2D eigenvalue weighted by atomic mass is 16.5. The van der Waals surface area contributed by atoms with Gasteiger partial charge in [-0.25, -0.2) is 4.79 Å². The van der Waals surface area contributed by atoms with E-state index < -0.39 is 0 Å². The first-order valence-corrected chi connectivity index (χ1v) is 12.8. The van der Waals surface area contributed by atoms with E-state index >= 15 is 0 Å². The Morgan fingerprint density at radius 2 is 1.80 bits per heavy atom. The lowest BCUT2D eigenvalue weighted by molar-refractivity contribution is -0.0252. The van der Waals surface area contributed by atoms with Gasteiger partial charge in [-0.2, -0.15) is 0 Å². The predicted molar refractivity (Wildman–Crippen MR) is 143 cm³/mol. The number of nitrogens with one attached hydrogen (secondary N) is 1. The number of rotatable bonds is 4. The fourth-order valence-electron chi connectivity index (χ4n) is 6.27. The molecule has 0 bridgehead atoms. The number of H-pyrrole nitrogens is 1. The van der Waals surface area contributed by atoms with E-state index in [9.17, 15) is 4.79 Å². The number of esters is 1. The van der Waals surface area contributed by atoms with Crippen LogP contribution in [0.5, 0.6) is 0 Å². The maximum Gasteiger partial charge on any atom is 0.340 e. The van der Waals surface area contributed by atoms with Crippen LogP contribution in [0.2, 0.25) is 0 Å². The first-order chi connectivity index (χ1) is 16.8. The van der Waals surface area contributed by atoms with Gasteiger partial charge in [-0.05, 0) is 62.2 Å². The third kappa shape index (κ3) is 4.44. The molecular weight excluding hydrogens is 434 g/mol. The molecule has 1 aromatic carbocycles. The molecule has 2 aromatic rings. The molecule has 3 heterocycles. The number of carbonyl (C=O) groups is 1. The number of aromatic amines is 1. The molecule has 5 nitrogen and oxygen atoms in total. The Morgan fingerprint density at radius 1 is 1.09 bits per heavy atom. The van der Waals surface area contributed by atoms with E-state index in [1.165, 1.54) is 0 Å². The van der Waals surface area contributed by atoms with Gasteiger partial charge in [0.05, 0.1) is 11.3 Å². The summed E-state index contributed by atoms with van der Waals surface area (Å²) < 4.78 is 6.24. The Balaban J connectivity index is 1.55. The van der Waals surface area contributed by atoms with E-state index in [-0.39, 0.29) is 24.0 Å². The molecule has 1 aromatic heterocycles. The maximum absolute atomic E-state index is 13.7. The molecule has 1 fully saturated rings. The standard InChI is InChI=1S/C30H35N3O2/c1-17-14-18(2)29(19(3)15-17)35-30(34)26-21(5)33-24(27(26)22-10-7-6-8-11-22)16-25-28-23(20(4)32-25)12-9-13-31-28/h6-13,16-19,23,28-29,33H,14-15H2,1-5H3/b25-16-. The lowest BCUT2D eigenvalue weighted by Gasteiger charge is -2.37. The van der Waals surface area contributed by atoms with Crippen LogP contribution in [0, 0.1) is 30.6 Å². The van der Waals surface area contributed by atoms with Crippen molar-refractivity contribution in [2.45, 2.75) is 59.6 Å². The first-order valence-electron chi connectivity index (χ1n) is 12.8. The van der Waals surface area contributed by atoms with Gasteiger partial charge in [-0.3, -0.25) is 9.98 Å². The van der Waals surface area contributed by atoms with E-state index in [0.29, 0.717) is 23.3 Å². The number of benzene rings is 1. The van der Waals surface area contributed by atoms with Gasteiger partial charge in [0, 0.05) is 34.8 Å². The summed E-state index contributed by atoms with van der Waals surface area (Å²) in [5.74, 6) is 1.32. The molecule has 35 heavy (non-hydrogen) atoms. The zero-order chi connectivity index (χ0) is 24.7. The third-order valence-corrected chi connectivity index (χ3v) is 7.77. The van der Waals surface area contributed by atoms with Crippen molar-refractivity contribution < 1.29 is 9.53 Å². The SMILES string of the molecule is CC1=N/C(=C\c2[nH]c(C)c(C(=O)OC3C(C)CC(C)CC3C)c2-c2ccccc2)C2N=CC=CC12. The highest BCUT2D eigenvalue weighted by molar-refractivity contribution is 6.02. The summed E-state index contributed by atoms with van der Waals surface area (Å²) >= 11 is 0. The number of aliphatic imine (C=N–C) groups is 2. The van der Waals surface area contributed by atoms with Gasteiger partial charge in [-0.15, -0.1) is 0 Å². The zero-order valence-corrected chi connectivity index (χ0v) is 21.3. The van der Waals surface area contributed by atoms with Crippen LogP contribution < -0.4 is 0 Å². The molecule has 3 aliphatic rings. The number of aromatic nitrogens is 1. The largest absolute Gasteiger partial charge is 0.458 e. The zero-order valence-electron chi connectivity index (χ0n) is 21.3. The van der Waals surface area contributed by atoms with Crippen molar-refractivity contribution in [3.05, 3.63) is 65.1 Å². The van der Waals surface area contributed by atoms with Gasteiger partial charge < -0.3 is 9.72 Å². The van der Waals surface area contributed by atoms with Crippen LogP contribution >= 0.6 is 0 Å². The highest BCUT2D eigenvalue weighted by Crippen LogP contribution is 2.39. The van der Waals surface area contributed by atoms with Crippen molar-refractivity contribution in [2.75, 3.05) is 0 Å². The Morgan fingerprint density at radius 3 is 2.51 bits per heavy atom. The second-order valence-electron chi connectivity index (χ2n) is 10.7. The van der Waals surface area contributed by atoms with Crippen LogP contribution in [-0.2, 0) is 4.74 Å². The van der Waals surface area contributed by atoms with Crippen molar-refractivity contribution in [1.82, 2.24) is 4.98 Å². The minimum Gasteiger partial charge on any atom is -0.458 e. The molecular formula is C30H35N3O2. The van der Waals surface area contributed by atoms with Crippen molar-refractivity contribution in [3.63, 3.8) is 0 Å². The molecule has 5 heteroatoms. The number of aryl methyl sites for hydroxylation is 1. The smallest absolute Gasteiger partial charge is 0.340 e. The topological polar surface area (TPSA) is 66.8 Å². The molecule has 0 saturated heterocycles. The number of hydrogen-bond donors (Lipinski definition) is 1. The summed E-state index contributed by atoms with van der Waals surface area (Å²) in [4.78, 5) is 26.7. The molecule has 1 aliphatic carbocycles. The van der Waals surface area contributed by atoms with Crippen LogP contribution in [-0.4, -0.2) is 35.0 Å². The van der Waals surface area contributed by atoms with Gasteiger partial charge in [-0.1, -0.05) is 57.2 Å². The predicted octanol–water partition coefficient (Wildman–Crippen LogP) is 6.66. The molecule has 0 amide bonds. The number of ether oxygens (including phenoxy) is 1. The van der Waals surface area contributed by atoms with Crippen molar-refractivity contribution in [3.8, 4) is 11.1 Å². The normalized spacial score (nSPS) is 30.9. The van der Waals surface area contributed by atoms with Gasteiger partial charge in [0.25, 0.3) is 0 Å². The Kier molecular flexibility index (Phi) is 6.35. The summed E-state index contributed by atoms with van der Waals surface area (Å²) in [6, 6.07) is 10.1. The van der Waals surface area contributed by atoms with Crippen LogP contribution in [0.3, 0.4) is 0 Å². The van der Waals surface area contributed by atoms with Crippen molar-refractivity contribution in [2.24, 2.45) is 33.7 Å². The number of allylic oxidation sites excluding steroid dienone is 1. The fraction of sp³-hybridized carbons (Fsp3) is 0.433. The number of hydrogen-bond acceptors (Lipinski definition) is 4. The Bertz CT molecular complexity index is 1220. The first kappa shape index (κ1) is 23.5. The van der Waals surface area contributed by atoms with Gasteiger partial charge in [0.1, 0.15) is 12.1 Å². The molecule has 4 atom stereocenters. The molecule has 182 valence electrons. The van der Waals surface area contributed by atoms with E-state index in [1.807, 2.05) is 49.5 Å². The molecule has 1 N–H and O–H groups in total. The Hall–Kier alpha value is -3.21. The molecule has 5 rings (SSSR count). The van der Waals surface area contributed by atoms with E-state index in [4.69, 9.17) is 9.73 Å². The monoisotopic (exact) mass is 469 g/mol. The van der Waals surface area contributed by atoms with E-state index in [1.54, 1.807) is 0 Å². The van der Waals surface area contributed by atoms with E-state index in [0.717, 1.165) is 46.8 Å². The van der Waals surface area contributed by atoms with Gasteiger partial charge in [0.15, 0.2) is 0 Å². The minimum atomic E-state index is -0.247. The highest BCUT2D eigenvalue weighted by Gasteiger charge is 2.36. The quantitative estimate of drug-likeness (QED) is 0.509.